The van der Waals surface area contributed by atoms with Crippen molar-refractivity contribution in [3.63, 3.8) is 0 Å². The van der Waals surface area contributed by atoms with Crippen molar-refractivity contribution < 1.29 is 29.0 Å². The lowest BCUT2D eigenvalue weighted by molar-refractivity contribution is -0.155. The van der Waals surface area contributed by atoms with Crippen molar-refractivity contribution in [3.8, 4) is 0 Å². The second-order valence-electron chi connectivity index (χ2n) is 10.9. The minimum Gasteiger partial charge on any atom is -0.465 e. The predicted molar refractivity (Wildman–Crippen MR) is 143 cm³/mol. The molecule has 2 fully saturated rings. The topological polar surface area (TPSA) is 96.4 Å². The normalized spacial score (nSPS) is 32.9. The van der Waals surface area contributed by atoms with E-state index in [1.807, 2.05) is 51.1 Å². The third-order valence-electron chi connectivity index (χ3n) is 8.31. The number of fused-ring (bicyclic) bond motifs is 2. The van der Waals surface area contributed by atoms with E-state index in [-0.39, 0.29) is 37.5 Å². The molecule has 4 heterocycles. The molecule has 4 aliphatic rings. The van der Waals surface area contributed by atoms with Crippen molar-refractivity contribution >= 4 is 35.1 Å². The Labute approximate surface area is 228 Å². The second-order valence-corrected chi connectivity index (χ2v) is 11.3. The molecule has 1 aromatic carbocycles. The Morgan fingerprint density at radius 2 is 1.95 bits per heavy atom. The first-order valence-electron chi connectivity index (χ1n) is 13.4. The van der Waals surface area contributed by atoms with E-state index in [4.69, 9.17) is 21.1 Å². The first-order valence-corrected chi connectivity index (χ1v) is 13.8. The number of allylic oxidation sites excluding steroid dienone is 1. The number of aliphatic hydroxyl groups is 1. The fraction of sp³-hybridized carbons (Fsp3) is 0.552. The van der Waals surface area contributed by atoms with Crippen molar-refractivity contribution in [2.24, 2.45) is 17.8 Å². The molecule has 1 unspecified atom stereocenters. The maximum absolute atomic E-state index is 14.5. The van der Waals surface area contributed by atoms with E-state index in [1.54, 1.807) is 17.0 Å². The maximum Gasteiger partial charge on any atom is 0.312 e. The summed E-state index contributed by atoms with van der Waals surface area (Å²) < 4.78 is 12.3. The Morgan fingerprint density at radius 3 is 2.66 bits per heavy atom. The average Bonchev–Trinajstić information content (AvgIpc) is 3.26. The number of rotatable bonds is 4. The summed E-state index contributed by atoms with van der Waals surface area (Å²) in [7, 11) is 0. The summed E-state index contributed by atoms with van der Waals surface area (Å²) in [6.07, 6.45) is 9.13. The smallest absolute Gasteiger partial charge is 0.312 e. The van der Waals surface area contributed by atoms with Crippen LogP contribution < -0.4 is 4.90 Å². The zero-order chi connectivity index (χ0) is 27.2. The summed E-state index contributed by atoms with van der Waals surface area (Å²) in [6.45, 7) is 5.84. The molecule has 38 heavy (non-hydrogen) atoms. The first kappa shape index (κ1) is 26.9. The third kappa shape index (κ3) is 4.17. The molecule has 2 saturated heterocycles. The van der Waals surface area contributed by atoms with E-state index in [2.05, 4.69) is 0 Å². The van der Waals surface area contributed by atoms with Crippen LogP contribution in [0.1, 0.15) is 38.7 Å². The van der Waals surface area contributed by atoms with E-state index in [0.29, 0.717) is 10.7 Å². The highest BCUT2D eigenvalue weighted by molar-refractivity contribution is 6.34. The molecule has 0 radical (unpaired) electrons. The molecular formula is C29H35ClN2O6. The van der Waals surface area contributed by atoms with Gasteiger partial charge in [0.2, 0.25) is 5.91 Å². The number of cyclic esters (lactones) is 1. The lowest BCUT2D eigenvalue weighted by atomic mass is 9.78. The Kier molecular flexibility index (Phi) is 7.42. The number of carbonyl (C=O) groups is 3. The summed E-state index contributed by atoms with van der Waals surface area (Å²) in [5.41, 5.74) is -0.0102. The van der Waals surface area contributed by atoms with E-state index in [1.165, 1.54) is 4.90 Å². The predicted octanol–water partition coefficient (Wildman–Crippen LogP) is 3.43. The van der Waals surface area contributed by atoms with Crippen LogP contribution in [0.5, 0.6) is 0 Å². The Hall–Kier alpha value is -2.68. The van der Waals surface area contributed by atoms with Crippen molar-refractivity contribution in [3.05, 3.63) is 53.1 Å². The number of nitrogens with zero attached hydrogens (tertiary/aromatic N) is 2. The number of hydrogen-bond donors (Lipinski definition) is 1. The molecule has 0 bridgehead atoms. The molecule has 0 aliphatic carbocycles. The largest absolute Gasteiger partial charge is 0.465 e. The lowest BCUT2D eigenvalue weighted by Crippen LogP contribution is -2.59. The minimum absolute atomic E-state index is 0.151. The van der Waals surface area contributed by atoms with Crippen LogP contribution in [0.25, 0.3) is 0 Å². The monoisotopic (exact) mass is 542 g/mol. The quantitative estimate of drug-likeness (QED) is 0.462. The molecular weight excluding hydrogens is 508 g/mol. The van der Waals surface area contributed by atoms with Crippen LogP contribution in [0.2, 0.25) is 5.02 Å². The zero-order valence-corrected chi connectivity index (χ0v) is 22.8. The number of anilines is 1. The molecule has 0 saturated carbocycles. The number of para-hydroxylation sites is 1. The fourth-order valence-electron chi connectivity index (χ4n) is 6.50. The van der Waals surface area contributed by atoms with Crippen molar-refractivity contribution in [1.82, 2.24) is 4.90 Å². The number of benzene rings is 1. The molecule has 1 aromatic rings. The van der Waals surface area contributed by atoms with Crippen molar-refractivity contribution in [1.29, 1.82) is 0 Å². The molecule has 8 nitrogen and oxygen atoms in total. The standard InChI is InChI=1S/C29H35ClN2O6/c1-17(2)20(16-33)32-25-27(35)31(24-18(3)10-8-11-19(24)30)14-9-13-29(25)23(26(32)34)22-21(38-29)12-6-4-5-7-15-37-28(22)36/h6,8-13,17,20-23,25,33H,4-5,7,14-16H2,1-3H3/b12-6-/t20-,21+,22-,23-,25?,29-/m0/s1. The van der Waals surface area contributed by atoms with E-state index < -0.39 is 41.6 Å². The number of amides is 2. The number of ether oxygens (including phenoxy) is 2. The summed E-state index contributed by atoms with van der Waals surface area (Å²) >= 11 is 6.58. The molecule has 1 N–H and O–H groups in total. The van der Waals surface area contributed by atoms with Crippen LogP contribution in [0, 0.1) is 24.7 Å². The molecule has 4 aliphatic heterocycles. The second kappa shape index (κ2) is 10.5. The van der Waals surface area contributed by atoms with E-state index >= 15 is 0 Å². The van der Waals surface area contributed by atoms with Gasteiger partial charge in [-0.25, -0.2) is 0 Å². The summed E-state index contributed by atoms with van der Waals surface area (Å²) in [4.78, 5) is 45.3. The number of halogens is 1. The third-order valence-corrected chi connectivity index (χ3v) is 8.62. The highest BCUT2D eigenvalue weighted by Crippen LogP contribution is 2.54. The van der Waals surface area contributed by atoms with Crippen LogP contribution in [-0.2, 0) is 23.9 Å². The first-order chi connectivity index (χ1) is 18.2. The van der Waals surface area contributed by atoms with Gasteiger partial charge in [0, 0.05) is 6.54 Å². The summed E-state index contributed by atoms with van der Waals surface area (Å²) in [6, 6.07) is 3.69. The zero-order valence-electron chi connectivity index (χ0n) is 22.0. The molecule has 1 spiro atoms. The number of aliphatic hydroxyl groups excluding tert-OH is 1. The van der Waals surface area contributed by atoms with Crippen molar-refractivity contribution in [2.75, 3.05) is 24.7 Å². The number of aryl methyl sites for hydroxylation is 1. The number of likely N-dealkylation sites (tertiary alicyclic amines) is 1. The van der Waals surface area contributed by atoms with Gasteiger partial charge < -0.3 is 24.4 Å². The number of carbonyl (C=O) groups excluding carboxylic acids is 3. The maximum atomic E-state index is 14.5. The number of hydrogen-bond acceptors (Lipinski definition) is 6. The Morgan fingerprint density at radius 1 is 1.16 bits per heavy atom. The van der Waals surface area contributed by atoms with Gasteiger partial charge in [-0.1, -0.05) is 61.9 Å². The van der Waals surface area contributed by atoms with Gasteiger partial charge in [-0.05, 0) is 43.7 Å². The molecule has 0 aromatic heterocycles. The van der Waals surface area contributed by atoms with Crippen LogP contribution in [0.15, 0.2) is 42.5 Å². The average molecular weight is 543 g/mol. The Balaban J connectivity index is 1.68. The summed E-state index contributed by atoms with van der Waals surface area (Å²) in [5.74, 6) is -3.25. The molecule has 2 amide bonds. The van der Waals surface area contributed by atoms with Gasteiger partial charge in [0.05, 0.1) is 42.0 Å². The Bertz CT molecular complexity index is 1160. The highest BCUT2D eigenvalue weighted by Gasteiger charge is 2.72. The van der Waals surface area contributed by atoms with E-state index in [9.17, 15) is 19.5 Å². The van der Waals surface area contributed by atoms with Gasteiger partial charge in [-0.15, -0.1) is 0 Å². The van der Waals surface area contributed by atoms with Gasteiger partial charge >= 0.3 is 5.97 Å². The number of esters is 1. The van der Waals surface area contributed by atoms with Gasteiger partial charge in [0.25, 0.3) is 5.91 Å². The van der Waals surface area contributed by atoms with Crippen LogP contribution >= 0.6 is 11.6 Å². The lowest BCUT2D eigenvalue weighted by Gasteiger charge is -2.40. The fourth-order valence-corrected chi connectivity index (χ4v) is 6.82. The molecule has 204 valence electrons. The molecule has 9 heteroatoms. The van der Waals surface area contributed by atoms with Crippen molar-refractivity contribution in [2.45, 2.75) is 63.8 Å². The van der Waals surface area contributed by atoms with Gasteiger partial charge in [0.15, 0.2) is 0 Å². The summed E-state index contributed by atoms with van der Waals surface area (Å²) in [5, 5.41) is 10.8. The minimum atomic E-state index is -1.40. The SMILES string of the molecule is Cc1cccc(Cl)c1N1CC=C[C@]23O[C@@H]4/C=C\CCCCOC(=O)[C@@H]4[C@H]2C(=O)N([C@@H](CO)C(C)C)C3C1=O. The molecule has 5 rings (SSSR count). The van der Waals surface area contributed by atoms with Gasteiger partial charge in [-0.2, -0.15) is 0 Å². The van der Waals surface area contributed by atoms with Crippen LogP contribution in [-0.4, -0.2) is 71.3 Å². The van der Waals surface area contributed by atoms with Crippen LogP contribution in [0.4, 0.5) is 5.69 Å². The molecule has 6 atom stereocenters. The van der Waals surface area contributed by atoms with Gasteiger partial charge in [-0.3, -0.25) is 14.4 Å². The van der Waals surface area contributed by atoms with Gasteiger partial charge in [0.1, 0.15) is 17.6 Å². The van der Waals surface area contributed by atoms with Crippen LogP contribution in [0.3, 0.4) is 0 Å². The highest BCUT2D eigenvalue weighted by atomic mass is 35.5. The van der Waals surface area contributed by atoms with E-state index in [0.717, 1.165) is 24.8 Å².